The quantitative estimate of drug-likeness (QED) is 0.745. The SMILES string of the molecule is CC(CN)Nc1cc2c(cc1F)CCC(=O)N2. The minimum atomic E-state index is -0.305. The van der Waals surface area contributed by atoms with Crippen LogP contribution in [0.15, 0.2) is 12.1 Å². The zero-order chi connectivity index (χ0) is 12.4. The fraction of sp³-hybridized carbons (Fsp3) is 0.417. The smallest absolute Gasteiger partial charge is 0.224 e. The number of halogens is 1. The molecule has 0 spiro atoms. The van der Waals surface area contributed by atoms with Gasteiger partial charge in [0, 0.05) is 24.7 Å². The van der Waals surface area contributed by atoms with Crippen LogP contribution in [-0.4, -0.2) is 18.5 Å². The van der Waals surface area contributed by atoms with E-state index in [0.29, 0.717) is 30.8 Å². The molecule has 1 aromatic rings. The Morgan fingerprint density at radius 2 is 2.29 bits per heavy atom. The van der Waals surface area contributed by atoms with Crippen molar-refractivity contribution >= 4 is 17.3 Å². The third-order valence-corrected chi connectivity index (χ3v) is 2.84. The van der Waals surface area contributed by atoms with E-state index in [1.807, 2.05) is 6.92 Å². The summed E-state index contributed by atoms with van der Waals surface area (Å²) in [6.45, 7) is 2.29. The summed E-state index contributed by atoms with van der Waals surface area (Å²) in [5.74, 6) is -0.331. The predicted octanol–water partition coefficient (Wildman–Crippen LogP) is 1.47. The molecule has 17 heavy (non-hydrogen) atoms. The maximum atomic E-state index is 13.8. The van der Waals surface area contributed by atoms with Gasteiger partial charge >= 0.3 is 0 Å². The third kappa shape index (κ3) is 2.55. The van der Waals surface area contributed by atoms with Gasteiger partial charge in [0.25, 0.3) is 0 Å². The number of amides is 1. The van der Waals surface area contributed by atoms with Gasteiger partial charge in [-0.2, -0.15) is 0 Å². The van der Waals surface area contributed by atoms with Gasteiger partial charge in [0.15, 0.2) is 0 Å². The molecule has 1 aromatic carbocycles. The molecule has 0 aliphatic carbocycles. The van der Waals surface area contributed by atoms with Crippen LogP contribution < -0.4 is 16.4 Å². The van der Waals surface area contributed by atoms with Gasteiger partial charge < -0.3 is 16.4 Å². The second-order valence-corrected chi connectivity index (χ2v) is 4.32. The highest BCUT2D eigenvalue weighted by molar-refractivity contribution is 5.94. The van der Waals surface area contributed by atoms with Gasteiger partial charge in [0.05, 0.1) is 5.69 Å². The van der Waals surface area contributed by atoms with E-state index in [4.69, 9.17) is 5.73 Å². The number of nitrogens with two attached hydrogens (primary N) is 1. The lowest BCUT2D eigenvalue weighted by molar-refractivity contribution is -0.116. The van der Waals surface area contributed by atoms with Crippen LogP contribution in [0.2, 0.25) is 0 Å². The molecule has 4 nitrogen and oxygen atoms in total. The zero-order valence-corrected chi connectivity index (χ0v) is 9.72. The average Bonchev–Trinajstić information content (AvgIpc) is 2.30. The van der Waals surface area contributed by atoms with Crippen LogP contribution in [0.1, 0.15) is 18.9 Å². The Labute approximate surface area is 99.4 Å². The Bertz CT molecular complexity index is 448. The first-order valence-corrected chi connectivity index (χ1v) is 5.69. The first-order chi connectivity index (χ1) is 8.10. The van der Waals surface area contributed by atoms with Crippen molar-refractivity contribution in [2.24, 2.45) is 5.73 Å². The van der Waals surface area contributed by atoms with E-state index < -0.39 is 0 Å². The van der Waals surface area contributed by atoms with Crippen LogP contribution in [0.3, 0.4) is 0 Å². The summed E-state index contributed by atoms with van der Waals surface area (Å²) in [7, 11) is 0. The molecule has 92 valence electrons. The van der Waals surface area contributed by atoms with Crippen molar-refractivity contribution in [3.05, 3.63) is 23.5 Å². The number of hydrogen-bond donors (Lipinski definition) is 3. The maximum Gasteiger partial charge on any atom is 0.224 e. The van der Waals surface area contributed by atoms with Crippen LogP contribution in [0.4, 0.5) is 15.8 Å². The molecule has 1 atom stereocenters. The second-order valence-electron chi connectivity index (χ2n) is 4.32. The largest absolute Gasteiger partial charge is 0.379 e. The van der Waals surface area contributed by atoms with Gasteiger partial charge in [0.2, 0.25) is 5.91 Å². The summed E-state index contributed by atoms with van der Waals surface area (Å²) < 4.78 is 13.8. The molecule has 1 heterocycles. The molecule has 2 rings (SSSR count). The van der Waals surface area contributed by atoms with Crippen LogP contribution >= 0.6 is 0 Å². The van der Waals surface area contributed by atoms with Crippen LogP contribution in [0.5, 0.6) is 0 Å². The van der Waals surface area contributed by atoms with Gasteiger partial charge in [-0.05, 0) is 31.0 Å². The Morgan fingerprint density at radius 3 is 3.00 bits per heavy atom. The van der Waals surface area contributed by atoms with Crippen molar-refractivity contribution in [3.63, 3.8) is 0 Å². The molecule has 0 saturated carbocycles. The van der Waals surface area contributed by atoms with E-state index in [1.54, 1.807) is 6.07 Å². The molecule has 1 amide bonds. The van der Waals surface area contributed by atoms with E-state index in [-0.39, 0.29) is 17.8 Å². The first kappa shape index (κ1) is 11.9. The van der Waals surface area contributed by atoms with Gasteiger partial charge in [0.1, 0.15) is 5.82 Å². The number of hydrogen-bond acceptors (Lipinski definition) is 3. The number of aryl methyl sites for hydroxylation is 1. The van der Waals surface area contributed by atoms with E-state index in [1.165, 1.54) is 6.07 Å². The lowest BCUT2D eigenvalue weighted by Crippen LogP contribution is -2.26. The molecular formula is C12H16FN3O. The van der Waals surface area contributed by atoms with Gasteiger partial charge in [-0.3, -0.25) is 4.79 Å². The van der Waals surface area contributed by atoms with Crippen molar-refractivity contribution in [2.75, 3.05) is 17.2 Å². The van der Waals surface area contributed by atoms with Crippen molar-refractivity contribution in [1.29, 1.82) is 0 Å². The highest BCUT2D eigenvalue weighted by atomic mass is 19.1. The monoisotopic (exact) mass is 237 g/mol. The second kappa shape index (κ2) is 4.71. The van der Waals surface area contributed by atoms with Crippen LogP contribution in [0.25, 0.3) is 0 Å². The summed E-state index contributed by atoms with van der Waals surface area (Å²) >= 11 is 0. The highest BCUT2D eigenvalue weighted by Gasteiger charge is 2.17. The van der Waals surface area contributed by atoms with Crippen LogP contribution in [0, 0.1) is 5.82 Å². The minimum absolute atomic E-state index is 0.0122. The first-order valence-electron chi connectivity index (χ1n) is 5.69. The Balaban J connectivity index is 2.29. The van der Waals surface area contributed by atoms with Crippen LogP contribution in [-0.2, 0) is 11.2 Å². The average molecular weight is 237 g/mol. The number of fused-ring (bicyclic) bond motifs is 1. The molecule has 0 saturated heterocycles. The number of carbonyl (C=O) groups excluding carboxylic acids is 1. The molecule has 0 fully saturated rings. The van der Waals surface area contributed by atoms with Gasteiger partial charge in [-0.15, -0.1) is 0 Å². The fourth-order valence-corrected chi connectivity index (χ4v) is 1.83. The normalized spacial score (nSPS) is 16.1. The predicted molar refractivity (Wildman–Crippen MR) is 65.5 cm³/mol. The lowest BCUT2D eigenvalue weighted by Gasteiger charge is -2.20. The molecule has 1 aliphatic rings. The van der Waals surface area contributed by atoms with Gasteiger partial charge in [-0.25, -0.2) is 4.39 Å². The molecule has 1 aliphatic heterocycles. The molecule has 1 unspecified atom stereocenters. The van der Waals surface area contributed by atoms with Crippen molar-refractivity contribution < 1.29 is 9.18 Å². The zero-order valence-electron chi connectivity index (χ0n) is 9.72. The van der Waals surface area contributed by atoms with Crippen molar-refractivity contribution in [3.8, 4) is 0 Å². The Kier molecular flexibility index (Phi) is 3.28. The molecule has 0 bridgehead atoms. The Hall–Kier alpha value is -1.62. The fourth-order valence-electron chi connectivity index (χ4n) is 1.83. The molecule has 4 N–H and O–H groups in total. The standard InChI is InChI=1S/C12H16FN3O/c1-7(6-14)15-11-5-10-8(4-9(11)13)2-3-12(17)16-10/h4-5,7,15H,2-3,6,14H2,1H3,(H,16,17). The Morgan fingerprint density at radius 1 is 1.53 bits per heavy atom. The lowest BCUT2D eigenvalue weighted by atomic mass is 10.0. The summed E-state index contributed by atoms with van der Waals surface area (Å²) in [6.07, 6.45) is 1.00. The number of anilines is 2. The summed E-state index contributed by atoms with van der Waals surface area (Å²) in [6, 6.07) is 3.09. The molecule has 0 radical (unpaired) electrons. The third-order valence-electron chi connectivity index (χ3n) is 2.84. The summed E-state index contributed by atoms with van der Waals surface area (Å²) in [5.41, 5.74) is 7.38. The summed E-state index contributed by atoms with van der Waals surface area (Å²) in [4.78, 5) is 11.3. The van der Waals surface area contributed by atoms with Crippen molar-refractivity contribution in [2.45, 2.75) is 25.8 Å². The topological polar surface area (TPSA) is 67.1 Å². The number of nitrogens with one attached hydrogen (secondary N) is 2. The van der Waals surface area contributed by atoms with E-state index in [0.717, 1.165) is 5.56 Å². The van der Waals surface area contributed by atoms with Crippen molar-refractivity contribution in [1.82, 2.24) is 0 Å². The number of benzene rings is 1. The summed E-state index contributed by atoms with van der Waals surface area (Å²) in [5, 5.41) is 5.72. The van der Waals surface area contributed by atoms with E-state index in [2.05, 4.69) is 10.6 Å². The molecule has 5 heteroatoms. The molecule has 0 aromatic heterocycles. The molecular weight excluding hydrogens is 221 g/mol. The maximum absolute atomic E-state index is 13.8. The van der Waals surface area contributed by atoms with E-state index >= 15 is 0 Å². The number of carbonyl (C=O) groups is 1. The van der Waals surface area contributed by atoms with E-state index in [9.17, 15) is 9.18 Å². The highest BCUT2D eigenvalue weighted by Crippen LogP contribution is 2.28. The minimum Gasteiger partial charge on any atom is -0.379 e. The van der Waals surface area contributed by atoms with Gasteiger partial charge in [-0.1, -0.05) is 0 Å². The number of rotatable bonds is 3.